The van der Waals surface area contributed by atoms with E-state index in [2.05, 4.69) is 11.1 Å². The van der Waals surface area contributed by atoms with Crippen molar-refractivity contribution in [3.63, 3.8) is 0 Å². The van der Waals surface area contributed by atoms with Crippen LogP contribution >= 0.6 is 0 Å². The highest BCUT2D eigenvalue weighted by atomic mass is 16.6. The number of ether oxygens (including phenoxy) is 1. The summed E-state index contributed by atoms with van der Waals surface area (Å²) in [6.45, 7) is 1.96. The molecule has 2 aromatic rings. The van der Waals surface area contributed by atoms with E-state index in [1.807, 2.05) is 31.2 Å². The molecule has 4 nitrogen and oxygen atoms in total. The topological polar surface area (TPSA) is 62.5 Å². The molecule has 2 aromatic carbocycles. The molecule has 0 radical (unpaired) electrons. The minimum absolute atomic E-state index is 0.228. The number of nitrogens with zero attached hydrogens (tertiary/aromatic N) is 2. The molecule has 0 saturated carbocycles. The second kappa shape index (κ2) is 5.66. The molecule has 22 heavy (non-hydrogen) atoms. The van der Waals surface area contributed by atoms with Gasteiger partial charge in [0.05, 0.1) is 11.6 Å². The van der Waals surface area contributed by atoms with E-state index in [1.54, 1.807) is 30.3 Å². The number of carbonyl (C=O) groups excluding carboxylic acids is 1. The summed E-state index contributed by atoms with van der Waals surface area (Å²) in [4.78, 5) is 16.2. The van der Waals surface area contributed by atoms with Crippen molar-refractivity contribution in [2.45, 2.75) is 6.92 Å². The van der Waals surface area contributed by atoms with Crippen LogP contribution in [0.1, 0.15) is 22.3 Å². The molecule has 0 amide bonds. The molecule has 0 atom stereocenters. The van der Waals surface area contributed by atoms with Gasteiger partial charge in [0.1, 0.15) is 0 Å². The van der Waals surface area contributed by atoms with Crippen LogP contribution in [0, 0.1) is 18.3 Å². The predicted octanol–water partition coefficient (Wildman–Crippen LogP) is 3.21. The molecular formula is C18H12N2O2. The third-order valence-corrected chi connectivity index (χ3v) is 3.20. The first-order valence-electron chi connectivity index (χ1n) is 6.75. The highest BCUT2D eigenvalue weighted by Crippen LogP contribution is 2.20. The molecule has 106 valence electrons. The maximum absolute atomic E-state index is 11.9. The Labute approximate surface area is 128 Å². The van der Waals surface area contributed by atoms with Gasteiger partial charge < -0.3 is 4.74 Å². The fourth-order valence-electron chi connectivity index (χ4n) is 2.17. The third kappa shape index (κ3) is 2.79. The lowest BCUT2D eigenvalue weighted by Crippen LogP contribution is -2.05. The quantitative estimate of drug-likeness (QED) is 0.629. The number of benzene rings is 2. The number of rotatable bonds is 2. The van der Waals surface area contributed by atoms with Crippen molar-refractivity contribution in [2.75, 3.05) is 0 Å². The van der Waals surface area contributed by atoms with Crippen molar-refractivity contribution in [1.82, 2.24) is 0 Å². The first kappa shape index (κ1) is 13.8. The van der Waals surface area contributed by atoms with E-state index in [-0.39, 0.29) is 5.70 Å². The summed E-state index contributed by atoms with van der Waals surface area (Å²) in [5.41, 5.74) is 3.33. The first-order chi connectivity index (χ1) is 10.7. The first-order valence-corrected chi connectivity index (χ1v) is 6.75. The minimum Gasteiger partial charge on any atom is -0.402 e. The molecule has 0 aromatic heterocycles. The molecule has 3 rings (SSSR count). The van der Waals surface area contributed by atoms with Crippen LogP contribution in [-0.4, -0.2) is 11.9 Å². The van der Waals surface area contributed by atoms with Crippen LogP contribution in [-0.2, 0) is 9.53 Å². The normalized spacial score (nSPS) is 15.4. The average molecular weight is 288 g/mol. The van der Waals surface area contributed by atoms with Crippen LogP contribution < -0.4 is 0 Å². The van der Waals surface area contributed by atoms with Crippen LogP contribution in [0.4, 0.5) is 0 Å². The highest BCUT2D eigenvalue weighted by molar-refractivity contribution is 6.12. The lowest BCUT2D eigenvalue weighted by molar-refractivity contribution is -0.129. The van der Waals surface area contributed by atoms with Crippen LogP contribution in [0.25, 0.3) is 6.08 Å². The van der Waals surface area contributed by atoms with Crippen LogP contribution in [0.5, 0.6) is 0 Å². The summed E-state index contributed by atoms with van der Waals surface area (Å²) in [6.07, 6.45) is 1.62. The van der Waals surface area contributed by atoms with Crippen molar-refractivity contribution >= 4 is 17.9 Å². The number of hydrogen-bond donors (Lipinski definition) is 0. The van der Waals surface area contributed by atoms with E-state index < -0.39 is 5.97 Å². The molecule has 1 aliphatic heterocycles. The summed E-state index contributed by atoms with van der Waals surface area (Å²) in [7, 11) is 0. The number of hydrogen-bond acceptors (Lipinski definition) is 4. The molecular weight excluding hydrogens is 276 g/mol. The number of esters is 1. The fraction of sp³-hybridized carbons (Fsp3) is 0.0556. The van der Waals surface area contributed by atoms with Crippen molar-refractivity contribution in [2.24, 2.45) is 4.99 Å². The number of carbonyl (C=O) groups is 1. The van der Waals surface area contributed by atoms with Gasteiger partial charge in [-0.25, -0.2) is 9.79 Å². The second-order valence-corrected chi connectivity index (χ2v) is 4.94. The van der Waals surface area contributed by atoms with Crippen LogP contribution in [0.15, 0.2) is 59.2 Å². The van der Waals surface area contributed by atoms with Crippen molar-refractivity contribution < 1.29 is 9.53 Å². The van der Waals surface area contributed by atoms with E-state index in [0.717, 1.165) is 16.7 Å². The molecule has 0 aliphatic carbocycles. The summed E-state index contributed by atoms with van der Waals surface area (Å²) in [5, 5.41) is 8.90. The van der Waals surface area contributed by atoms with Crippen molar-refractivity contribution in [1.29, 1.82) is 5.26 Å². The predicted molar refractivity (Wildman–Crippen MR) is 82.9 cm³/mol. The zero-order valence-corrected chi connectivity index (χ0v) is 11.9. The van der Waals surface area contributed by atoms with E-state index in [9.17, 15) is 4.79 Å². The van der Waals surface area contributed by atoms with Gasteiger partial charge in [-0.1, -0.05) is 29.8 Å². The SMILES string of the molecule is Cc1cccc(C2=NC(=Cc3cccc(C#N)c3)C(=O)O2)c1. The van der Waals surface area contributed by atoms with Gasteiger partial charge >= 0.3 is 5.97 Å². The Hall–Kier alpha value is -3.19. The number of aryl methyl sites for hydroxylation is 1. The summed E-state index contributed by atoms with van der Waals surface area (Å²) in [6, 6.07) is 16.6. The zero-order chi connectivity index (χ0) is 15.5. The lowest BCUT2D eigenvalue weighted by Gasteiger charge is -1.99. The van der Waals surface area contributed by atoms with Crippen LogP contribution in [0.3, 0.4) is 0 Å². The Morgan fingerprint density at radius 3 is 2.77 bits per heavy atom. The average Bonchev–Trinajstić information content (AvgIpc) is 2.89. The third-order valence-electron chi connectivity index (χ3n) is 3.20. The molecule has 0 spiro atoms. The van der Waals surface area contributed by atoms with Gasteiger partial charge in [0.25, 0.3) is 0 Å². The Morgan fingerprint density at radius 1 is 1.18 bits per heavy atom. The maximum atomic E-state index is 11.9. The smallest absolute Gasteiger partial charge is 0.363 e. The Morgan fingerprint density at radius 2 is 2.00 bits per heavy atom. The lowest BCUT2D eigenvalue weighted by atomic mass is 10.1. The standard InChI is InChI=1S/C18H12N2O2/c1-12-4-2-7-15(8-12)17-20-16(18(21)22-17)10-13-5-3-6-14(9-13)11-19/h2-10H,1H3. The number of aliphatic imine (C=N–C) groups is 1. The fourth-order valence-corrected chi connectivity index (χ4v) is 2.17. The number of cyclic esters (lactones) is 1. The van der Waals surface area contributed by atoms with Crippen LogP contribution in [0.2, 0.25) is 0 Å². The van der Waals surface area contributed by atoms with E-state index in [4.69, 9.17) is 10.00 Å². The summed E-state index contributed by atoms with van der Waals surface area (Å²) in [5.74, 6) is -0.185. The molecule has 0 N–H and O–H groups in total. The van der Waals surface area contributed by atoms with Gasteiger partial charge in [0.15, 0.2) is 5.70 Å². The van der Waals surface area contributed by atoms with Gasteiger partial charge in [-0.15, -0.1) is 0 Å². The Bertz CT molecular complexity index is 857. The van der Waals surface area contributed by atoms with Crippen molar-refractivity contribution in [3.05, 3.63) is 76.5 Å². The van der Waals surface area contributed by atoms with E-state index >= 15 is 0 Å². The molecule has 4 heteroatoms. The monoisotopic (exact) mass is 288 g/mol. The second-order valence-electron chi connectivity index (χ2n) is 4.94. The largest absolute Gasteiger partial charge is 0.402 e. The Balaban J connectivity index is 1.96. The van der Waals surface area contributed by atoms with Gasteiger partial charge in [-0.05, 0) is 42.8 Å². The van der Waals surface area contributed by atoms with E-state index in [1.165, 1.54) is 0 Å². The highest BCUT2D eigenvalue weighted by Gasteiger charge is 2.24. The van der Waals surface area contributed by atoms with Gasteiger partial charge in [0.2, 0.25) is 5.90 Å². The molecule has 0 fully saturated rings. The summed E-state index contributed by atoms with van der Waals surface area (Å²) >= 11 is 0. The molecule has 1 heterocycles. The minimum atomic E-state index is -0.487. The van der Waals surface area contributed by atoms with E-state index in [0.29, 0.717) is 11.5 Å². The van der Waals surface area contributed by atoms with Gasteiger partial charge in [-0.3, -0.25) is 0 Å². The Kier molecular flexibility index (Phi) is 3.55. The summed E-state index contributed by atoms with van der Waals surface area (Å²) < 4.78 is 5.22. The zero-order valence-electron chi connectivity index (χ0n) is 11.9. The van der Waals surface area contributed by atoms with Gasteiger partial charge in [-0.2, -0.15) is 5.26 Å². The maximum Gasteiger partial charge on any atom is 0.363 e. The molecule has 1 aliphatic rings. The van der Waals surface area contributed by atoms with Crippen molar-refractivity contribution in [3.8, 4) is 6.07 Å². The molecule has 0 unspecified atom stereocenters. The van der Waals surface area contributed by atoms with Gasteiger partial charge in [0, 0.05) is 5.56 Å². The number of nitriles is 1. The molecule has 0 saturated heterocycles. The molecule has 0 bridgehead atoms.